The number of hydrogen-bond acceptors (Lipinski definition) is 1. The summed E-state index contributed by atoms with van der Waals surface area (Å²) in [4.78, 5) is 0. The van der Waals surface area contributed by atoms with Crippen molar-refractivity contribution < 1.29 is 0 Å². The van der Waals surface area contributed by atoms with E-state index >= 15 is 0 Å². The van der Waals surface area contributed by atoms with Crippen LogP contribution >= 0.6 is 0 Å². The van der Waals surface area contributed by atoms with Crippen LogP contribution in [0.2, 0.25) is 0 Å². The van der Waals surface area contributed by atoms with Gasteiger partial charge in [-0.15, -0.1) is 0 Å². The van der Waals surface area contributed by atoms with Gasteiger partial charge < -0.3 is 5.32 Å². The molecule has 0 radical (unpaired) electrons. The molecule has 0 amide bonds. The molecule has 0 unspecified atom stereocenters. The Hall–Kier alpha value is -1.60. The fourth-order valence-corrected chi connectivity index (χ4v) is 1.49. The number of rotatable bonds is 6. The Morgan fingerprint density at radius 1 is 1.29 bits per heavy atom. The van der Waals surface area contributed by atoms with E-state index in [9.17, 15) is 0 Å². The van der Waals surface area contributed by atoms with Crippen LogP contribution in [0.5, 0.6) is 0 Å². The summed E-state index contributed by atoms with van der Waals surface area (Å²) in [5, 5.41) is 3.38. The van der Waals surface area contributed by atoms with Crippen molar-refractivity contribution in [2.75, 3.05) is 6.54 Å². The van der Waals surface area contributed by atoms with Crippen LogP contribution in [0.25, 0.3) is 0 Å². The van der Waals surface area contributed by atoms with Crippen molar-refractivity contribution in [2.45, 2.75) is 20.4 Å². The second-order valence-corrected chi connectivity index (χ2v) is 4.17. The first-order valence-electron chi connectivity index (χ1n) is 5.94. The van der Waals surface area contributed by atoms with E-state index in [2.05, 4.69) is 62.2 Å². The van der Waals surface area contributed by atoms with Gasteiger partial charge in [0.15, 0.2) is 0 Å². The highest BCUT2D eigenvalue weighted by molar-refractivity contribution is 5.22. The fraction of sp³-hybridized carbons (Fsp3) is 0.250. The monoisotopic (exact) mass is 227 g/mol. The van der Waals surface area contributed by atoms with Crippen LogP contribution in [-0.2, 0) is 6.54 Å². The highest BCUT2D eigenvalue weighted by Crippen LogP contribution is 2.02. The van der Waals surface area contributed by atoms with Crippen LogP contribution in [-0.4, -0.2) is 6.54 Å². The fourth-order valence-electron chi connectivity index (χ4n) is 1.49. The van der Waals surface area contributed by atoms with Crippen molar-refractivity contribution in [3.8, 4) is 0 Å². The molecule has 0 aliphatic rings. The first kappa shape index (κ1) is 13.5. The van der Waals surface area contributed by atoms with Gasteiger partial charge in [0, 0.05) is 13.1 Å². The molecule has 1 aromatic rings. The lowest BCUT2D eigenvalue weighted by molar-refractivity contribution is 0.759. The zero-order valence-electron chi connectivity index (χ0n) is 10.7. The summed E-state index contributed by atoms with van der Waals surface area (Å²) in [7, 11) is 0. The van der Waals surface area contributed by atoms with Crippen molar-refractivity contribution in [3.05, 3.63) is 71.8 Å². The quantitative estimate of drug-likeness (QED) is 0.576. The predicted molar refractivity (Wildman–Crippen MR) is 76.0 cm³/mol. The van der Waals surface area contributed by atoms with E-state index in [-0.39, 0.29) is 0 Å². The molecule has 0 aromatic heterocycles. The van der Waals surface area contributed by atoms with Gasteiger partial charge in [0.25, 0.3) is 0 Å². The number of allylic oxidation sites excluding steroid dienone is 4. The minimum absolute atomic E-state index is 0.885. The summed E-state index contributed by atoms with van der Waals surface area (Å²) in [5.41, 5.74) is 3.85. The van der Waals surface area contributed by atoms with Gasteiger partial charge >= 0.3 is 0 Å². The first-order chi connectivity index (χ1) is 8.22. The molecule has 0 saturated heterocycles. The first-order valence-corrected chi connectivity index (χ1v) is 5.94. The summed E-state index contributed by atoms with van der Waals surface area (Å²) in [6, 6.07) is 8.61. The van der Waals surface area contributed by atoms with Crippen LogP contribution in [0, 0.1) is 6.92 Å². The van der Waals surface area contributed by atoms with Crippen molar-refractivity contribution in [1.82, 2.24) is 5.32 Å². The zero-order chi connectivity index (χ0) is 12.5. The molecule has 0 fully saturated rings. The number of hydrogen-bond donors (Lipinski definition) is 1. The highest BCUT2D eigenvalue weighted by Gasteiger charge is 1.90. The maximum Gasteiger partial charge on any atom is 0.0208 e. The van der Waals surface area contributed by atoms with E-state index < -0.39 is 0 Å². The Kier molecular flexibility index (Phi) is 6.05. The SMILES string of the molecule is C=C/C=C(C)\C=C/CNCc1ccc(C)cc1. The maximum atomic E-state index is 3.67. The zero-order valence-corrected chi connectivity index (χ0v) is 10.7. The molecule has 0 heterocycles. The topological polar surface area (TPSA) is 12.0 Å². The average molecular weight is 227 g/mol. The van der Waals surface area contributed by atoms with Gasteiger partial charge in [0.05, 0.1) is 0 Å². The Morgan fingerprint density at radius 2 is 2.00 bits per heavy atom. The summed E-state index contributed by atoms with van der Waals surface area (Å²) >= 11 is 0. The van der Waals surface area contributed by atoms with Crippen molar-refractivity contribution in [1.29, 1.82) is 0 Å². The lowest BCUT2D eigenvalue weighted by Gasteiger charge is -2.02. The van der Waals surface area contributed by atoms with E-state index in [0.717, 1.165) is 13.1 Å². The predicted octanol–water partition coefficient (Wildman–Crippen LogP) is 3.77. The average Bonchev–Trinajstić information content (AvgIpc) is 2.31. The molecule has 17 heavy (non-hydrogen) atoms. The Bertz CT molecular complexity index is 396. The molecule has 1 aromatic carbocycles. The molecule has 1 nitrogen and oxygen atoms in total. The van der Waals surface area contributed by atoms with Crippen LogP contribution < -0.4 is 5.32 Å². The van der Waals surface area contributed by atoms with E-state index in [1.54, 1.807) is 6.08 Å². The Labute approximate surface area is 105 Å². The largest absolute Gasteiger partial charge is 0.309 e. The van der Waals surface area contributed by atoms with Gasteiger partial charge in [-0.3, -0.25) is 0 Å². The molecule has 0 spiro atoms. The number of nitrogens with one attached hydrogen (secondary N) is 1. The molecule has 0 aliphatic carbocycles. The lowest BCUT2D eigenvalue weighted by atomic mass is 10.1. The summed E-state index contributed by atoms with van der Waals surface area (Å²) in [5.74, 6) is 0. The summed E-state index contributed by atoms with van der Waals surface area (Å²) in [6.45, 7) is 9.64. The second kappa shape index (κ2) is 7.64. The van der Waals surface area contributed by atoms with Gasteiger partial charge in [-0.1, -0.05) is 66.3 Å². The molecule has 0 aliphatic heterocycles. The van der Waals surface area contributed by atoms with Crippen molar-refractivity contribution in [3.63, 3.8) is 0 Å². The number of aryl methyl sites for hydroxylation is 1. The minimum Gasteiger partial charge on any atom is -0.309 e. The van der Waals surface area contributed by atoms with Crippen LogP contribution in [0.4, 0.5) is 0 Å². The molecule has 90 valence electrons. The van der Waals surface area contributed by atoms with E-state index in [1.165, 1.54) is 16.7 Å². The molecule has 1 heteroatoms. The highest BCUT2D eigenvalue weighted by atomic mass is 14.8. The summed E-state index contributed by atoms with van der Waals surface area (Å²) < 4.78 is 0. The van der Waals surface area contributed by atoms with E-state index in [1.807, 2.05) is 6.08 Å². The van der Waals surface area contributed by atoms with Crippen LogP contribution in [0.1, 0.15) is 18.1 Å². The standard InChI is InChI=1S/C16H21N/c1-4-6-14(2)7-5-12-17-13-16-10-8-15(3)9-11-16/h4-11,17H,1,12-13H2,2-3H3/b7-5-,14-6-. The molecule has 1 N–H and O–H groups in total. The second-order valence-electron chi connectivity index (χ2n) is 4.17. The van der Waals surface area contributed by atoms with Gasteiger partial charge in [0.1, 0.15) is 0 Å². The van der Waals surface area contributed by atoms with Gasteiger partial charge in [-0.2, -0.15) is 0 Å². The van der Waals surface area contributed by atoms with E-state index in [0.29, 0.717) is 0 Å². The third kappa shape index (κ3) is 5.88. The van der Waals surface area contributed by atoms with Gasteiger partial charge in [-0.25, -0.2) is 0 Å². The summed E-state index contributed by atoms with van der Waals surface area (Å²) in [6.07, 6.45) is 8.03. The molecule has 0 saturated carbocycles. The third-order valence-electron chi connectivity index (χ3n) is 2.47. The molecule has 0 atom stereocenters. The minimum atomic E-state index is 0.885. The van der Waals surface area contributed by atoms with Crippen LogP contribution in [0.15, 0.2) is 60.7 Å². The maximum absolute atomic E-state index is 3.67. The Balaban J connectivity index is 2.27. The lowest BCUT2D eigenvalue weighted by Crippen LogP contribution is -2.12. The van der Waals surface area contributed by atoms with Gasteiger partial charge in [0.2, 0.25) is 0 Å². The molecule has 1 rings (SSSR count). The van der Waals surface area contributed by atoms with Crippen LogP contribution in [0.3, 0.4) is 0 Å². The number of benzene rings is 1. The smallest absolute Gasteiger partial charge is 0.0208 e. The molecular formula is C16H21N. The van der Waals surface area contributed by atoms with Gasteiger partial charge in [-0.05, 0) is 19.4 Å². The molecular weight excluding hydrogens is 206 g/mol. The molecule has 0 bridgehead atoms. The third-order valence-corrected chi connectivity index (χ3v) is 2.47. The van der Waals surface area contributed by atoms with E-state index in [4.69, 9.17) is 0 Å². The normalized spacial score (nSPS) is 12.0. The Morgan fingerprint density at radius 3 is 2.65 bits per heavy atom. The van der Waals surface area contributed by atoms with Crippen molar-refractivity contribution in [2.24, 2.45) is 0 Å². The van der Waals surface area contributed by atoms with Crippen molar-refractivity contribution >= 4 is 0 Å².